The second kappa shape index (κ2) is 6.79. The maximum absolute atomic E-state index is 3.44. The minimum Gasteiger partial charge on any atom is -0.374 e. The van der Waals surface area contributed by atoms with E-state index in [9.17, 15) is 0 Å². The third-order valence-corrected chi connectivity index (χ3v) is 3.30. The van der Waals surface area contributed by atoms with Gasteiger partial charge in [0.1, 0.15) is 0 Å². The topological polar surface area (TPSA) is 15.3 Å². The van der Waals surface area contributed by atoms with E-state index in [0.29, 0.717) is 0 Å². The molecule has 0 atom stereocenters. The highest BCUT2D eigenvalue weighted by molar-refractivity contribution is 5.47. The SMILES string of the molecule is CCNCC(C)(C)CN(C)c1ccc(CC)cc1. The van der Waals surface area contributed by atoms with Crippen LogP contribution in [0.1, 0.15) is 33.3 Å². The number of benzene rings is 1. The summed E-state index contributed by atoms with van der Waals surface area (Å²) in [4.78, 5) is 2.34. The van der Waals surface area contributed by atoms with E-state index in [1.807, 2.05) is 0 Å². The normalized spacial score (nSPS) is 11.6. The van der Waals surface area contributed by atoms with E-state index in [-0.39, 0.29) is 5.41 Å². The van der Waals surface area contributed by atoms with Crippen LogP contribution in [0, 0.1) is 5.41 Å². The van der Waals surface area contributed by atoms with Crippen LogP contribution in [0.2, 0.25) is 0 Å². The van der Waals surface area contributed by atoms with Gasteiger partial charge in [-0.2, -0.15) is 0 Å². The number of nitrogens with one attached hydrogen (secondary N) is 1. The summed E-state index contributed by atoms with van der Waals surface area (Å²) in [5, 5.41) is 3.44. The number of hydrogen-bond donors (Lipinski definition) is 1. The second-order valence-electron chi connectivity index (χ2n) is 5.82. The van der Waals surface area contributed by atoms with Crippen LogP contribution in [0.5, 0.6) is 0 Å². The Hall–Kier alpha value is -1.02. The first-order valence-corrected chi connectivity index (χ1v) is 6.99. The van der Waals surface area contributed by atoms with E-state index >= 15 is 0 Å². The molecule has 2 nitrogen and oxygen atoms in total. The lowest BCUT2D eigenvalue weighted by Crippen LogP contribution is -2.39. The molecule has 1 N–H and O–H groups in total. The average Bonchev–Trinajstić information content (AvgIpc) is 2.36. The molecule has 18 heavy (non-hydrogen) atoms. The number of hydrogen-bond acceptors (Lipinski definition) is 2. The molecule has 0 unspecified atom stereocenters. The van der Waals surface area contributed by atoms with E-state index in [0.717, 1.165) is 26.1 Å². The third kappa shape index (κ3) is 4.69. The summed E-state index contributed by atoms with van der Waals surface area (Å²) in [6, 6.07) is 8.90. The Morgan fingerprint density at radius 3 is 2.22 bits per heavy atom. The summed E-state index contributed by atoms with van der Waals surface area (Å²) in [6.07, 6.45) is 1.11. The van der Waals surface area contributed by atoms with Crippen molar-refractivity contribution in [3.8, 4) is 0 Å². The molecule has 0 heterocycles. The fourth-order valence-corrected chi connectivity index (χ4v) is 2.24. The van der Waals surface area contributed by atoms with Gasteiger partial charge in [0.05, 0.1) is 0 Å². The van der Waals surface area contributed by atoms with E-state index < -0.39 is 0 Å². The lowest BCUT2D eigenvalue weighted by Gasteiger charge is -2.32. The van der Waals surface area contributed by atoms with Gasteiger partial charge in [0.2, 0.25) is 0 Å². The van der Waals surface area contributed by atoms with Gasteiger partial charge in [-0.3, -0.25) is 0 Å². The van der Waals surface area contributed by atoms with Crippen molar-refractivity contribution < 1.29 is 0 Å². The average molecular weight is 248 g/mol. The van der Waals surface area contributed by atoms with Crippen molar-refractivity contribution in [2.75, 3.05) is 31.6 Å². The predicted octanol–water partition coefficient (Wildman–Crippen LogP) is 3.32. The summed E-state index contributed by atoms with van der Waals surface area (Å²) >= 11 is 0. The molecule has 102 valence electrons. The lowest BCUT2D eigenvalue weighted by molar-refractivity contribution is 0.350. The van der Waals surface area contributed by atoms with E-state index in [1.54, 1.807) is 0 Å². The van der Waals surface area contributed by atoms with Gasteiger partial charge in [-0.25, -0.2) is 0 Å². The fourth-order valence-electron chi connectivity index (χ4n) is 2.24. The molecule has 1 aromatic carbocycles. The quantitative estimate of drug-likeness (QED) is 0.796. The van der Waals surface area contributed by atoms with Crippen LogP contribution in [0.25, 0.3) is 0 Å². The largest absolute Gasteiger partial charge is 0.374 e. The summed E-state index contributed by atoms with van der Waals surface area (Å²) in [6.45, 7) is 12.1. The summed E-state index contributed by atoms with van der Waals surface area (Å²) in [7, 11) is 2.18. The molecule has 0 bridgehead atoms. The predicted molar refractivity (Wildman–Crippen MR) is 81.4 cm³/mol. The number of anilines is 1. The molecular formula is C16H28N2. The molecule has 0 fully saturated rings. The highest BCUT2D eigenvalue weighted by atomic mass is 15.1. The summed E-state index contributed by atoms with van der Waals surface area (Å²) in [5.74, 6) is 0. The molecule has 0 saturated carbocycles. The minimum atomic E-state index is 0.286. The molecule has 0 aliphatic carbocycles. The van der Waals surface area contributed by atoms with Gasteiger partial charge in [0.25, 0.3) is 0 Å². The molecule has 0 aliphatic rings. The van der Waals surface area contributed by atoms with Gasteiger partial charge >= 0.3 is 0 Å². The second-order valence-corrected chi connectivity index (χ2v) is 5.82. The Labute approximate surface area is 112 Å². The number of rotatable bonds is 7. The standard InChI is InChI=1S/C16H28N2/c1-6-14-8-10-15(11-9-14)18(5)13-16(3,4)12-17-7-2/h8-11,17H,6-7,12-13H2,1-5H3. The molecule has 1 rings (SSSR count). The molecule has 0 amide bonds. The van der Waals surface area contributed by atoms with Crippen molar-refractivity contribution in [1.29, 1.82) is 0 Å². The van der Waals surface area contributed by atoms with Crippen LogP contribution in [-0.2, 0) is 6.42 Å². The first-order chi connectivity index (χ1) is 8.48. The first kappa shape index (κ1) is 15.0. The van der Waals surface area contributed by atoms with E-state index in [2.05, 4.69) is 69.2 Å². The Bertz CT molecular complexity index is 341. The van der Waals surface area contributed by atoms with Crippen molar-refractivity contribution >= 4 is 5.69 Å². The number of aryl methyl sites for hydroxylation is 1. The van der Waals surface area contributed by atoms with Crippen molar-refractivity contribution in [2.45, 2.75) is 34.1 Å². The van der Waals surface area contributed by atoms with Gasteiger partial charge in [0, 0.05) is 25.8 Å². The lowest BCUT2D eigenvalue weighted by atomic mass is 9.92. The van der Waals surface area contributed by atoms with Crippen LogP contribution >= 0.6 is 0 Å². The van der Waals surface area contributed by atoms with Crippen molar-refractivity contribution in [3.63, 3.8) is 0 Å². The Balaban J connectivity index is 2.60. The van der Waals surface area contributed by atoms with Gasteiger partial charge in [-0.05, 0) is 36.1 Å². The third-order valence-electron chi connectivity index (χ3n) is 3.30. The number of nitrogens with zero attached hydrogens (tertiary/aromatic N) is 1. The molecule has 0 aromatic heterocycles. The van der Waals surface area contributed by atoms with Crippen LogP contribution < -0.4 is 10.2 Å². The molecule has 0 radical (unpaired) electrons. The molecular weight excluding hydrogens is 220 g/mol. The molecule has 0 spiro atoms. The van der Waals surface area contributed by atoms with Crippen LogP contribution in [0.4, 0.5) is 5.69 Å². The molecule has 0 aliphatic heterocycles. The van der Waals surface area contributed by atoms with Crippen molar-refractivity contribution in [1.82, 2.24) is 5.32 Å². The minimum absolute atomic E-state index is 0.286. The zero-order chi connectivity index (χ0) is 13.6. The Morgan fingerprint density at radius 1 is 1.11 bits per heavy atom. The zero-order valence-corrected chi connectivity index (χ0v) is 12.6. The summed E-state index contributed by atoms with van der Waals surface area (Å²) in [5.41, 5.74) is 2.99. The molecule has 2 heteroatoms. The Kier molecular flexibility index (Phi) is 5.67. The monoisotopic (exact) mass is 248 g/mol. The Morgan fingerprint density at radius 2 is 1.72 bits per heavy atom. The van der Waals surface area contributed by atoms with Gasteiger partial charge in [0.15, 0.2) is 0 Å². The van der Waals surface area contributed by atoms with E-state index in [4.69, 9.17) is 0 Å². The zero-order valence-electron chi connectivity index (χ0n) is 12.6. The smallest absolute Gasteiger partial charge is 0.0363 e. The van der Waals surface area contributed by atoms with Crippen LogP contribution in [0.3, 0.4) is 0 Å². The van der Waals surface area contributed by atoms with Crippen LogP contribution in [-0.4, -0.2) is 26.7 Å². The van der Waals surface area contributed by atoms with Gasteiger partial charge < -0.3 is 10.2 Å². The first-order valence-electron chi connectivity index (χ1n) is 6.99. The van der Waals surface area contributed by atoms with Gasteiger partial charge in [-0.1, -0.05) is 39.8 Å². The van der Waals surface area contributed by atoms with Gasteiger partial charge in [-0.15, -0.1) is 0 Å². The summed E-state index contributed by atoms with van der Waals surface area (Å²) < 4.78 is 0. The highest BCUT2D eigenvalue weighted by Crippen LogP contribution is 2.21. The molecule has 0 saturated heterocycles. The van der Waals surface area contributed by atoms with Crippen LogP contribution in [0.15, 0.2) is 24.3 Å². The fraction of sp³-hybridized carbons (Fsp3) is 0.625. The highest BCUT2D eigenvalue weighted by Gasteiger charge is 2.19. The van der Waals surface area contributed by atoms with Crippen molar-refractivity contribution in [2.24, 2.45) is 5.41 Å². The molecule has 1 aromatic rings. The van der Waals surface area contributed by atoms with Crippen molar-refractivity contribution in [3.05, 3.63) is 29.8 Å². The maximum Gasteiger partial charge on any atom is 0.0363 e. The van der Waals surface area contributed by atoms with E-state index in [1.165, 1.54) is 11.3 Å². The maximum atomic E-state index is 3.44.